The number of hydrogen-bond acceptors (Lipinski definition) is 7. The Morgan fingerprint density at radius 2 is 1.92 bits per heavy atom. The number of ether oxygens (including phenoxy) is 1. The number of fused-ring (bicyclic) bond motifs is 1. The number of carbonyl (C=O) groups excluding carboxylic acids is 1. The second-order valence-electron chi connectivity index (χ2n) is 9.50. The minimum Gasteiger partial charge on any atom is -0.508 e. The van der Waals surface area contributed by atoms with Crippen molar-refractivity contribution in [3.8, 4) is 22.9 Å². The van der Waals surface area contributed by atoms with Gasteiger partial charge in [0.1, 0.15) is 17.2 Å². The molecule has 9 heteroatoms. The maximum absolute atomic E-state index is 13.7. The molecule has 0 aliphatic carbocycles. The number of nitrogens with one attached hydrogen (secondary N) is 1. The van der Waals surface area contributed by atoms with Crippen LogP contribution >= 0.6 is 0 Å². The number of hydrogen-bond donors (Lipinski definition) is 2. The summed E-state index contributed by atoms with van der Waals surface area (Å²) in [5.74, 6) is 1.08. The lowest BCUT2D eigenvalue weighted by Gasteiger charge is -2.19. The molecule has 4 aromatic rings. The molecule has 38 heavy (non-hydrogen) atoms. The van der Waals surface area contributed by atoms with Crippen LogP contribution in [0.25, 0.3) is 22.3 Å². The number of phenolic OH excluding ortho intramolecular Hbond substituents is 1. The van der Waals surface area contributed by atoms with Crippen LogP contribution in [0.15, 0.2) is 36.5 Å². The maximum Gasteiger partial charge on any atom is 0.273 e. The minimum absolute atomic E-state index is 0.0532. The molecular weight excluding hydrogens is 480 g/mol. The first-order valence-electron chi connectivity index (χ1n) is 12.9. The van der Waals surface area contributed by atoms with Crippen molar-refractivity contribution in [1.82, 2.24) is 30.0 Å². The van der Waals surface area contributed by atoms with Crippen LogP contribution in [-0.4, -0.2) is 62.9 Å². The highest BCUT2D eigenvalue weighted by atomic mass is 16.5. The van der Waals surface area contributed by atoms with E-state index in [0.29, 0.717) is 29.9 Å². The number of nitrogens with zero attached hydrogens (tertiary/aromatic N) is 5. The summed E-state index contributed by atoms with van der Waals surface area (Å²) in [5, 5.41) is 18.2. The molecule has 1 amide bonds. The summed E-state index contributed by atoms with van der Waals surface area (Å²) in [6.45, 7) is 10.7. The van der Waals surface area contributed by atoms with Gasteiger partial charge in [-0.25, -0.2) is 9.97 Å². The van der Waals surface area contributed by atoms with Gasteiger partial charge in [-0.2, -0.15) is 5.10 Å². The molecule has 0 radical (unpaired) electrons. The van der Waals surface area contributed by atoms with E-state index >= 15 is 0 Å². The van der Waals surface area contributed by atoms with Crippen molar-refractivity contribution in [2.24, 2.45) is 0 Å². The zero-order valence-corrected chi connectivity index (χ0v) is 23.0. The summed E-state index contributed by atoms with van der Waals surface area (Å²) in [6.07, 6.45) is 2.71. The zero-order chi connectivity index (χ0) is 27.4. The van der Waals surface area contributed by atoms with Crippen molar-refractivity contribution in [2.75, 3.05) is 27.2 Å². The standard InChI is InChI=1S/C29H36N6O3/c1-7-35-20(4)21(16-31-35)17-34(6)29(37)27-24-15-22(36)9-11-25(24)32-28(33-27)23-10-12-26(19(3)18(23)2)38-14-8-13-30-5/h9-12,15-16,30,36H,7-8,13-14,17H2,1-6H3. The van der Waals surface area contributed by atoms with E-state index in [1.165, 1.54) is 0 Å². The molecule has 2 N–H and O–H groups in total. The van der Waals surface area contributed by atoms with Crippen LogP contribution in [0.2, 0.25) is 0 Å². The first kappa shape index (κ1) is 27.1. The molecule has 2 aromatic carbocycles. The van der Waals surface area contributed by atoms with Gasteiger partial charge in [0.2, 0.25) is 0 Å². The summed E-state index contributed by atoms with van der Waals surface area (Å²) < 4.78 is 7.89. The Morgan fingerprint density at radius 3 is 2.63 bits per heavy atom. The highest BCUT2D eigenvalue weighted by Gasteiger charge is 2.22. The second kappa shape index (κ2) is 11.6. The van der Waals surface area contributed by atoms with Gasteiger partial charge < -0.3 is 20.1 Å². The van der Waals surface area contributed by atoms with Gasteiger partial charge in [0, 0.05) is 42.3 Å². The fourth-order valence-corrected chi connectivity index (χ4v) is 4.49. The van der Waals surface area contributed by atoms with Crippen LogP contribution in [0.1, 0.15) is 46.2 Å². The van der Waals surface area contributed by atoms with E-state index in [1.807, 2.05) is 51.6 Å². The van der Waals surface area contributed by atoms with E-state index in [9.17, 15) is 9.90 Å². The summed E-state index contributed by atoms with van der Waals surface area (Å²) in [7, 11) is 3.67. The molecule has 4 rings (SSSR count). The van der Waals surface area contributed by atoms with E-state index in [-0.39, 0.29) is 17.4 Å². The summed E-state index contributed by atoms with van der Waals surface area (Å²) in [6, 6.07) is 8.70. The van der Waals surface area contributed by atoms with Gasteiger partial charge in [0.25, 0.3) is 5.91 Å². The fourth-order valence-electron chi connectivity index (χ4n) is 4.49. The minimum atomic E-state index is -0.258. The molecule has 0 aliphatic heterocycles. The monoisotopic (exact) mass is 516 g/mol. The van der Waals surface area contributed by atoms with Gasteiger partial charge in [0.15, 0.2) is 5.82 Å². The van der Waals surface area contributed by atoms with Gasteiger partial charge >= 0.3 is 0 Å². The average molecular weight is 517 g/mol. The molecule has 0 bridgehead atoms. The third-order valence-corrected chi connectivity index (χ3v) is 6.95. The maximum atomic E-state index is 13.7. The van der Waals surface area contributed by atoms with E-state index in [2.05, 4.69) is 10.4 Å². The van der Waals surface area contributed by atoms with E-state index in [4.69, 9.17) is 14.7 Å². The Balaban J connectivity index is 1.72. The molecule has 0 fully saturated rings. The molecule has 0 spiro atoms. The third-order valence-electron chi connectivity index (χ3n) is 6.95. The van der Waals surface area contributed by atoms with E-state index in [0.717, 1.165) is 53.2 Å². The number of aromatic nitrogens is 4. The number of benzene rings is 2. The SMILES string of the molecule is CCn1ncc(CN(C)C(=O)c2nc(-c3ccc(OCCCNC)c(C)c3C)nc3ccc(O)cc23)c1C. The van der Waals surface area contributed by atoms with Gasteiger partial charge in [-0.1, -0.05) is 0 Å². The molecule has 2 aromatic heterocycles. The normalized spacial score (nSPS) is 11.2. The predicted octanol–water partition coefficient (Wildman–Crippen LogP) is 4.40. The Bertz CT molecular complexity index is 1460. The Morgan fingerprint density at radius 1 is 1.13 bits per heavy atom. The quantitative estimate of drug-likeness (QED) is 0.301. The smallest absolute Gasteiger partial charge is 0.273 e. The first-order valence-corrected chi connectivity index (χ1v) is 12.9. The Hall–Kier alpha value is -3.98. The van der Waals surface area contributed by atoms with Crippen LogP contribution in [0.5, 0.6) is 11.5 Å². The third kappa shape index (κ3) is 5.47. The number of carbonyl (C=O) groups is 1. The summed E-state index contributed by atoms with van der Waals surface area (Å²) in [4.78, 5) is 24.9. The molecule has 0 unspecified atom stereocenters. The predicted molar refractivity (Wildman–Crippen MR) is 149 cm³/mol. The lowest BCUT2D eigenvalue weighted by molar-refractivity contribution is 0.0781. The van der Waals surface area contributed by atoms with Crippen molar-refractivity contribution in [1.29, 1.82) is 0 Å². The highest BCUT2D eigenvalue weighted by Crippen LogP contribution is 2.32. The van der Waals surface area contributed by atoms with Crippen molar-refractivity contribution >= 4 is 16.8 Å². The number of aryl methyl sites for hydroxylation is 1. The fraction of sp³-hybridized carbons (Fsp3) is 0.379. The largest absolute Gasteiger partial charge is 0.508 e. The number of phenols is 1. The van der Waals surface area contributed by atoms with Gasteiger partial charge in [-0.05, 0) is 89.2 Å². The molecular formula is C29H36N6O3. The Labute approximate surface area is 223 Å². The van der Waals surface area contributed by atoms with Crippen LogP contribution in [0.3, 0.4) is 0 Å². The number of amides is 1. The van der Waals surface area contributed by atoms with E-state index in [1.54, 1.807) is 36.3 Å². The van der Waals surface area contributed by atoms with Gasteiger partial charge in [-0.3, -0.25) is 9.48 Å². The zero-order valence-electron chi connectivity index (χ0n) is 23.0. The second-order valence-corrected chi connectivity index (χ2v) is 9.50. The van der Waals surface area contributed by atoms with Crippen molar-refractivity contribution in [3.05, 3.63) is 64.6 Å². The number of rotatable bonds is 10. The van der Waals surface area contributed by atoms with Gasteiger partial charge in [-0.15, -0.1) is 0 Å². The Kier molecular flexibility index (Phi) is 8.26. The lowest BCUT2D eigenvalue weighted by Crippen LogP contribution is -2.28. The topological polar surface area (TPSA) is 105 Å². The van der Waals surface area contributed by atoms with Crippen LogP contribution in [0.4, 0.5) is 0 Å². The molecule has 200 valence electrons. The van der Waals surface area contributed by atoms with Crippen LogP contribution in [-0.2, 0) is 13.1 Å². The van der Waals surface area contributed by atoms with Crippen molar-refractivity contribution in [2.45, 2.75) is 47.2 Å². The molecule has 0 aliphatic rings. The molecule has 2 heterocycles. The summed E-state index contributed by atoms with van der Waals surface area (Å²) in [5.41, 5.74) is 5.66. The van der Waals surface area contributed by atoms with Crippen molar-refractivity contribution in [3.63, 3.8) is 0 Å². The highest BCUT2D eigenvalue weighted by molar-refractivity contribution is 6.05. The average Bonchev–Trinajstić information content (AvgIpc) is 3.26. The van der Waals surface area contributed by atoms with Crippen LogP contribution in [0, 0.1) is 20.8 Å². The van der Waals surface area contributed by atoms with Crippen molar-refractivity contribution < 1.29 is 14.6 Å². The van der Waals surface area contributed by atoms with E-state index < -0.39 is 0 Å². The van der Waals surface area contributed by atoms with Crippen LogP contribution < -0.4 is 10.1 Å². The molecule has 9 nitrogen and oxygen atoms in total. The summed E-state index contributed by atoms with van der Waals surface area (Å²) >= 11 is 0. The first-order chi connectivity index (χ1) is 18.2. The lowest BCUT2D eigenvalue weighted by atomic mass is 10.0. The number of aromatic hydroxyl groups is 1. The van der Waals surface area contributed by atoms with Gasteiger partial charge in [0.05, 0.1) is 18.3 Å². The molecule has 0 atom stereocenters. The molecule has 0 saturated heterocycles. The molecule has 0 saturated carbocycles.